The molecule has 0 bridgehead atoms. The average molecular weight is 726 g/mol. The number of thioether (sulfide) groups is 1. The van der Waals surface area contributed by atoms with Gasteiger partial charge in [0, 0.05) is 68.0 Å². The van der Waals surface area contributed by atoms with Crippen molar-refractivity contribution >= 4 is 17.7 Å². The number of methoxy groups -OCH3 is 1. The summed E-state index contributed by atoms with van der Waals surface area (Å²) in [6.07, 6.45) is -0.818. The van der Waals surface area contributed by atoms with E-state index in [2.05, 4.69) is 4.90 Å². The second kappa shape index (κ2) is 16.1. The van der Waals surface area contributed by atoms with Gasteiger partial charge in [-0.05, 0) is 67.0 Å². The quantitative estimate of drug-likeness (QED) is 0.111. The Kier molecular flexibility index (Phi) is 11.6. The molecular formula is C39H40F5N3O3S. The van der Waals surface area contributed by atoms with E-state index in [0.717, 1.165) is 73.9 Å². The third-order valence-corrected chi connectivity index (χ3v) is 10.9. The first-order chi connectivity index (χ1) is 24.5. The lowest BCUT2D eigenvalue weighted by Crippen LogP contribution is -2.48. The lowest BCUT2D eigenvalue weighted by Gasteiger charge is -2.39. The molecule has 0 unspecified atom stereocenters. The summed E-state index contributed by atoms with van der Waals surface area (Å²) in [6, 6.07) is 18.0. The van der Waals surface area contributed by atoms with Crippen LogP contribution in [0.2, 0.25) is 0 Å². The zero-order chi connectivity index (χ0) is 36.1. The molecule has 1 aromatic heterocycles. The van der Waals surface area contributed by atoms with E-state index in [0.29, 0.717) is 42.1 Å². The summed E-state index contributed by atoms with van der Waals surface area (Å²) in [5, 5.41) is 0.535. The van der Waals surface area contributed by atoms with Crippen LogP contribution in [0.5, 0.6) is 0 Å². The summed E-state index contributed by atoms with van der Waals surface area (Å²) in [5.41, 5.74) is 3.16. The highest BCUT2D eigenvalue weighted by molar-refractivity contribution is 7.98. The highest BCUT2D eigenvalue weighted by Gasteiger charge is 2.31. The molecule has 6 rings (SSSR count). The number of carbonyl (C=O) groups excluding carboxylic acids is 1. The van der Waals surface area contributed by atoms with Crippen molar-refractivity contribution in [3.63, 3.8) is 0 Å². The van der Waals surface area contributed by atoms with Crippen molar-refractivity contribution in [2.45, 2.75) is 68.2 Å². The third kappa shape index (κ3) is 8.73. The van der Waals surface area contributed by atoms with Gasteiger partial charge in [0.1, 0.15) is 6.54 Å². The fourth-order valence-electron chi connectivity index (χ4n) is 6.98. The number of nitrogens with zero attached hydrogens (tertiary/aromatic N) is 3. The normalized spacial score (nSPS) is 15.3. The van der Waals surface area contributed by atoms with Gasteiger partial charge in [-0.25, -0.2) is 8.78 Å². The number of rotatable bonds is 12. The predicted octanol–water partition coefficient (Wildman–Crippen LogP) is 7.73. The summed E-state index contributed by atoms with van der Waals surface area (Å²) < 4.78 is 74.9. The molecule has 1 saturated heterocycles. The fourth-order valence-corrected chi connectivity index (χ4v) is 8.03. The Balaban J connectivity index is 1.26. The summed E-state index contributed by atoms with van der Waals surface area (Å²) in [7, 11) is 1.67. The molecule has 4 aromatic rings. The van der Waals surface area contributed by atoms with E-state index < -0.39 is 23.4 Å². The smallest absolute Gasteiger partial charge is 0.383 e. The number of benzene rings is 3. The van der Waals surface area contributed by atoms with Crippen LogP contribution in [0.1, 0.15) is 47.2 Å². The van der Waals surface area contributed by atoms with Gasteiger partial charge in [-0.3, -0.25) is 9.59 Å². The maximum Gasteiger partial charge on any atom is 0.416 e. The molecule has 270 valence electrons. The molecule has 12 heteroatoms. The first-order valence-electron chi connectivity index (χ1n) is 17.1. The van der Waals surface area contributed by atoms with Crippen LogP contribution in [-0.2, 0) is 47.4 Å². The summed E-state index contributed by atoms with van der Waals surface area (Å²) >= 11 is 1.21. The van der Waals surface area contributed by atoms with Gasteiger partial charge in [-0.15, -0.1) is 11.8 Å². The van der Waals surface area contributed by atoms with Gasteiger partial charge in [-0.2, -0.15) is 13.2 Å². The Labute approximate surface area is 298 Å². The van der Waals surface area contributed by atoms with Gasteiger partial charge < -0.3 is 19.1 Å². The molecule has 0 spiro atoms. The molecule has 3 aromatic carbocycles. The van der Waals surface area contributed by atoms with Crippen LogP contribution in [0.4, 0.5) is 22.0 Å². The number of carbonyl (C=O) groups is 1. The molecule has 1 fully saturated rings. The molecular weight excluding hydrogens is 686 g/mol. The van der Waals surface area contributed by atoms with Crippen LogP contribution >= 0.6 is 11.8 Å². The lowest BCUT2D eigenvalue weighted by atomic mass is 10.00. The second-order valence-electron chi connectivity index (χ2n) is 13.1. The van der Waals surface area contributed by atoms with Gasteiger partial charge in [0.05, 0.1) is 17.2 Å². The van der Waals surface area contributed by atoms with Crippen LogP contribution in [0, 0.1) is 11.6 Å². The Morgan fingerprint density at radius 3 is 2.31 bits per heavy atom. The first-order valence-corrected chi connectivity index (χ1v) is 18.1. The summed E-state index contributed by atoms with van der Waals surface area (Å²) in [5.74, 6) is -1.90. The topological polar surface area (TPSA) is 54.8 Å². The maximum atomic E-state index is 14.5. The van der Waals surface area contributed by atoms with Crippen molar-refractivity contribution in [1.82, 2.24) is 14.4 Å². The van der Waals surface area contributed by atoms with E-state index in [1.807, 2.05) is 33.7 Å². The molecule has 0 saturated carbocycles. The Morgan fingerprint density at radius 1 is 0.961 bits per heavy atom. The van der Waals surface area contributed by atoms with E-state index in [9.17, 15) is 31.5 Å². The number of likely N-dealkylation sites (tertiary alicyclic amines) is 1. The zero-order valence-electron chi connectivity index (χ0n) is 28.4. The minimum absolute atomic E-state index is 0.00982. The number of halogens is 5. The van der Waals surface area contributed by atoms with Crippen LogP contribution in [0.25, 0.3) is 11.1 Å². The molecule has 0 atom stereocenters. The van der Waals surface area contributed by atoms with Crippen molar-refractivity contribution in [3.05, 3.63) is 123 Å². The average Bonchev–Trinajstić information content (AvgIpc) is 3.63. The van der Waals surface area contributed by atoms with E-state index in [-0.39, 0.29) is 35.2 Å². The van der Waals surface area contributed by atoms with Gasteiger partial charge in [0.15, 0.2) is 17.1 Å². The van der Waals surface area contributed by atoms with E-state index >= 15 is 0 Å². The van der Waals surface area contributed by atoms with Crippen molar-refractivity contribution in [3.8, 4) is 11.1 Å². The number of ether oxygens (including phenoxy) is 1. The molecule has 51 heavy (non-hydrogen) atoms. The highest BCUT2D eigenvalue weighted by Crippen LogP contribution is 2.32. The standard InChI is InChI=1S/C39H40F5N3O3S/c1-50-21-20-45-18-16-31(17-19-45)46(23-26-8-10-27(11-9-26)28-12-14-30(15-13-28)39(42,43)44)36(49)24-47-34-7-3-5-32(34)35(48)22-37(47)51-25-29-4-2-6-33(40)38(29)41/h2,4,6,8-15,22,31H,3,5,7,16-21,23-25H2,1H3. The SMILES string of the molecule is COCCN1CCC(N(Cc2ccc(-c3ccc(C(F)(F)F)cc3)cc2)C(=O)Cn2c(SCc3cccc(F)c3F)cc(=O)c3c2CCC3)CC1. The number of pyridine rings is 1. The number of aromatic nitrogens is 1. The van der Waals surface area contributed by atoms with Gasteiger partial charge >= 0.3 is 6.18 Å². The maximum absolute atomic E-state index is 14.5. The predicted molar refractivity (Wildman–Crippen MR) is 187 cm³/mol. The van der Waals surface area contributed by atoms with Gasteiger partial charge in [0.2, 0.25) is 5.91 Å². The van der Waals surface area contributed by atoms with Crippen molar-refractivity contribution in [2.75, 3.05) is 33.4 Å². The Morgan fingerprint density at radius 2 is 1.65 bits per heavy atom. The third-order valence-electron chi connectivity index (χ3n) is 9.82. The van der Waals surface area contributed by atoms with E-state index in [1.54, 1.807) is 7.11 Å². The number of fused-ring (bicyclic) bond motifs is 1. The van der Waals surface area contributed by atoms with Crippen molar-refractivity contribution in [1.29, 1.82) is 0 Å². The monoisotopic (exact) mass is 725 g/mol. The second-order valence-corrected chi connectivity index (χ2v) is 14.1. The van der Waals surface area contributed by atoms with Gasteiger partial charge in [-0.1, -0.05) is 48.5 Å². The number of hydrogen-bond donors (Lipinski definition) is 0. The number of piperidine rings is 1. The van der Waals surface area contributed by atoms with E-state index in [4.69, 9.17) is 4.74 Å². The van der Waals surface area contributed by atoms with Crippen molar-refractivity contribution in [2.24, 2.45) is 0 Å². The molecule has 6 nitrogen and oxygen atoms in total. The van der Waals surface area contributed by atoms with Crippen LogP contribution in [0.3, 0.4) is 0 Å². The van der Waals surface area contributed by atoms with Crippen LogP contribution in [-0.4, -0.2) is 59.7 Å². The fraction of sp³-hybridized carbons (Fsp3) is 0.385. The molecule has 2 aliphatic rings. The summed E-state index contributed by atoms with van der Waals surface area (Å²) in [6.45, 7) is 3.35. The number of hydrogen-bond acceptors (Lipinski definition) is 5. The van der Waals surface area contributed by atoms with Crippen LogP contribution < -0.4 is 5.43 Å². The molecule has 2 heterocycles. The van der Waals surface area contributed by atoms with Crippen LogP contribution in [0.15, 0.2) is 82.6 Å². The Bertz CT molecular complexity index is 1890. The van der Waals surface area contributed by atoms with E-state index in [1.165, 1.54) is 42.1 Å². The molecule has 0 radical (unpaired) electrons. The molecule has 1 aliphatic carbocycles. The lowest BCUT2D eigenvalue weighted by molar-refractivity contribution is -0.138. The summed E-state index contributed by atoms with van der Waals surface area (Å²) in [4.78, 5) is 31.8. The van der Waals surface area contributed by atoms with Gasteiger partial charge in [0.25, 0.3) is 0 Å². The molecule has 1 aliphatic heterocycles. The molecule has 1 amide bonds. The molecule has 0 N–H and O–H groups in total. The first kappa shape index (κ1) is 36.8. The minimum atomic E-state index is -4.41. The minimum Gasteiger partial charge on any atom is -0.383 e. The zero-order valence-corrected chi connectivity index (χ0v) is 29.2. The number of amides is 1. The highest BCUT2D eigenvalue weighted by atomic mass is 32.2. The number of alkyl halides is 3. The largest absolute Gasteiger partial charge is 0.416 e. The Hall–Kier alpha value is -4.00. The van der Waals surface area contributed by atoms with Crippen molar-refractivity contribution < 1.29 is 31.5 Å².